The lowest BCUT2D eigenvalue weighted by atomic mass is 9.91. The predicted molar refractivity (Wildman–Crippen MR) is 69.4 cm³/mol. The Kier molecular flexibility index (Phi) is 4.37. The molecule has 0 aromatic carbocycles. The van der Waals surface area contributed by atoms with Gasteiger partial charge in [-0.1, -0.05) is 0 Å². The van der Waals surface area contributed by atoms with Gasteiger partial charge in [-0.05, 0) is 19.8 Å². The highest BCUT2D eigenvalue weighted by molar-refractivity contribution is 4.94. The average Bonchev–Trinajstić information content (AvgIpc) is 2.73. The number of hydrogen-bond acceptors (Lipinski definition) is 4. The Morgan fingerprint density at radius 2 is 2.50 bits per heavy atom. The van der Waals surface area contributed by atoms with E-state index in [0.717, 1.165) is 38.2 Å². The summed E-state index contributed by atoms with van der Waals surface area (Å²) in [6.07, 6.45) is 5.96. The van der Waals surface area contributed by atoms with Gasteiger partial charge in [0.1, 0.15) is 5.82 Å². The Hall–Kier alpha value is -0.910. The third kappa shape index (κ3) is 3.80. The molecule has 1 saturated heterocycles. The standard InChI is InChI=1S/C13H23N3O2/c1-13(17,9-11-10-18-8-6-14-11)4-3-12-15-5-7-16(12)2/h5,7,11,14,17H,3-4,6,8-10H2,1-2H3. The van der Waals surface area contributed by atoms with Crippen molar-refractivity contribution in [2.45, 2.75) is 37.8 Å². The van der Waals surface area contributed by atoms with E-state index >= 15 is 0 Å². The third-order valence-electron chi connectivity index (χ3n) is 3.49. The van der Waals surface area contributed by atoms with E-state index in [2.05, 4.69) is 10.3 Å². The first-order chi connectivity index (χ1) is 8.57. The van der Waals surface area contributed by atoms with Crippen LogP contribution in [0.5, 0.6) is 0 Å². The van der Waals surface area contributed by atoms with Crippen LogP contribution in [0.15, 0.2) is 12.4 Å². The molecule has 5 nitrogen and oxygen atoms in total. The number of hydrogen-bond donors (Lipinski definition) is 2. The summed E-state index contributed by atoms with van der Waals surface area (Å²) in [5.74, 6) is 1.02. The Morgan fingerprint density at radius 3 is 3.11 bits per heavy atom. The van der Waals surface area contributed by atoms with Crippen LogP contribution in [0.2, 0.25) is 0 Å². The molecule has 2 rings (SSSR count). The zero-order chi connectivity index (χ0) is 13.0. The Labute approximate surface area is 108 Å². The van der Waals surface area contributed by atoms with E-state index in [1.165, 1.54) is 0 Å². The molecule has 0 bridgehead atoms. The maximum atomic E-state index is 10.4. The van der Waals surface area contributed by atoms with Crippen LogP contribution < -0.4 is 5.32 Å². The van der Waals surface area contributed by atoms with Crippen molar-refractivity contribution in [1.82, 2.24) is 14.9 Å². The highest BCUT2D eigenvalue weighted by Crippen LogP contribution is 2.20. The van der Waals surface area contributed by atoms with Crippen LogP contribution in [0.25, 0.3) is 0 Å². The second-order valence-corrected chi connectivity index (χ2v) is 5.38. The highest BCUT2D eigenvalue weighted by atomic mass is 16.5. The Bertz CT molecular complexity index is 370. The van der Waals surface area contributed by atoms with E-state index in [-0.39, 0.29) is 6.04 Å². The fourth-order valence-corrected chi connectivity index (χ4v) is 2.40. The van der Waals surface area contributed by atoms with Crippen LogP contribution in [0, 0.1) is 0 Å². The van der Waals surface area contributed by atoms with Gasteiger partial charge < -0.3 is 19.7 Å². The molecular formula is C13H23N3O2. The molecule has 1 aromatic rings. The third-order valence-corrected chi connectivity index (χ3v) is 3.49. The van der Waals surface area contributed by atoms with Crippen LogP contribution >= 0.6 is 0 Å². The second-order valence-electron chi connectivity index (χ2n) is 5.38. The zero-order valence-electron chi connectivity index (χ0n) is 11.2. The smallest absolute Gasteiger partial charge is 0.108 e. The van der Waals surface area contributed by atoms with Gasteiger partial charge in [0.15, 0.2) is 0 Å². The molecule has 5 heteroatoms. The molecule has 102 valence electrons. The summed E-state index contributed by atoms with van der Waals surface area (Å²) in [4.78, 5) is 4.28. The maximum Gasteiger partial charge on any atom is 0.108 e. The molecule has 18 heavy (non-hydrogen) atoms. The van der Waals surface area contributed by atoms with E-state index in [1.807, 2.05) is 24.7 Å². The van der Waals surface area contributed by atoms with Gasteiger partial charge in [0.05, 0.1) is 18.8 Å². The summed E-state index contributed by atoms with van der Waals surface area (Å²) in [6.45, 7) is 4.23. The van der Waals surface area contributed by atoms with E-state index in [4.69, 9.17) is 4.74 Å². The normalized spacial score (nSPS) is 23.8. The summed E-state index contributed by atoms with van der Waals surface area (Å²) < 4.78 is 7.41. The van der Waals surface area contributed by atoms with E-state index in [9.17, 15) is 5.11 Å². The van der Waals surface area contributed by atoms with Crippen molar-refractivity contribution in [2.24, 2.45) is 7.05 Å². The Morgan fingerprint density at radius 1 is 1.67 bits per heavy atom. The molecule has 0 spiro atoms. The second kappa shape index (κ2) is 5.82. The first-order valence-electron chi connectivity index (χ1n) is 6.56. The number of aromatic nitrogens is 2. The summed E-state index contributed by atoms with van der Waals surface area (Å²) >= 11 is 0. The minimum absolute atomic E-state index is 0.259. The van der Waals surface area contributed by atoms with Gasteiger partial charge in [0.25, 0.3) is 0 Å². The monoisotopic (exact) mass is 253 g/mol. The van der Waals surface area contributed by atoms with Crippen molar-refractivity contribution in [3.05, 3.63) is 18.2 Å². The molecule has 1 aliphatic rings. The lowest BCUT2D eigenvalue weighted by Gasteiger charge is -2.31. The quantitative estimate of drug-likeness (QED) is 0.801. The summed E-state index contributed by atoms with van der Waals surface area (Å²) in [6, 6.07) is 0.259. The number of aryl methyl sites for hydroxylation is 2. The van der Waals surface area contributed by atoms with E-state index < -0.39 is 5.60 Å². The molecule has 2 heterocycles. The summed E-state index contributed by atoms with van der Waals surface area (Å²) in [5, 5.41) is 13.8. The minimum atomic E-state index is -0.676. The lowest BCUT2D eigenvalue weighted by molar-refractivity contribution is 0.000826. The number of nitrogens with one attached hydrogen (secondary N) is 1. The van der Waals surface area contributed by atoms with Crippen molar-refractivity contribution in [3.8, 4) is 0 Å². The summed E-state index contributed by atoms with van der Waals surface area (Å²) in [5.41, 5.74) is -0.676. The molecule has 0 saturated carbocycles. The fraction of sp³-hybridized carbons (Fsp3) is 0.769. The molecule has 1 aliphatic heterocycles. The van der Waals surface area contributed by atoms with Crippen LogP contribution in [0.1, 0.15) is 25.6 Å². The summed E-state index contributed by atoms with van der Waals surface area (Å²) in [7, 11) is 1.98. The zero-order valence-corrected chi connectivity index (χ0v) is 11.2. The van der Waals surface area contributed by atoms with Gasteiger partial charge >= 0.3 is 0 Å². The van der Waals surface area contributed by atoms with E-state index in [0.29, 0.717) is 6.61 Å². The minimum Gasteiger partial charge on any atom is -0.390 e. The largest absolute Gasteiger partial charge is 0.390 e. The molecule has 1 fully saturated rings. The fourth-order valence-electron chi connectivity index (χ4n) is 2.40. The lowest BCUT2D eigenvalue weighted by Crippen LogP contribution is -2.46. The average molecular weight is 253 g/mol. The number of morpholine rings is 1. The van der Waals surface area contributed by atoms with Crippen molar-refractivity contribution in [1.29, 1.82) is 0 Å². The maximum absolute atomic E-state index is 10.4. The van der Waals surface area contributed by atoms with Crippen molar-refractivity contribution in [2.75, 3.05) is 19.8 Å². The molecule has 2 atom stereocenters. The topological polar surface area (TPSA) is 59.3 Å². The van der Waals surface area contributed by atoms with Crippen molar-refractivity contribution >= 4 is 0 Å². The molecule has 0 amide bonds. The van der Waals surface area contributed by atoms with Gasteiger partial charge in [0.2, 0.25) is 0 Å². The van der Waals surface area contributed by atoms with Crippen molar-refractivity contribution < 1.29 is 9.84 Å². The Balaban J connectivity index is 1.81. The number of ether oxygens (including phenoxy) is 1. The predicted octanol–water partition coefficient (Wildman–Crippen LogP) is 0.482. The first-order valence-corrected chi connectivity index (χ1v) is 6.56. The number of aliphatic hydroxyl groups is 1. The van der Waals surface area contributed by atoms with Gasteiger partial charge in [-0.25, -0.2) is 4.98 Å². The van der Waals surface area contributed by atoms with Gasteiger partial charge in [-0.15, -0.1) is 0 Å². The molecule has 0 radical (unpaired) electrons. The number of imidazole rings is 1. The first kappa shape index (κ1) is 13.5. The van der Waals surface area contributed by atoms with Crippen LogP contribution in [-0.4, -0.2) is 46.1 Å². The van der Waals surface area contributed by atoms with Gasteiger partial charge in [-0.2, -0.15) is 0 Å². The van der Waals surface area contributed by atoms with Crippen LogP contribution in [0.3, 0.4) is 0 Å². The van der Waals surface area contributed by atoms with Gasteiger partial charge in [0, 0.05) is 38.4 Å². The van der Waals surface area contributed by atoms with Gasteiger partial charge in [-0.3, -0.25) is 0 Å². The van der Waals surface area contributed by atoms with E-state index in [1.54, 1.807) is 6.20 Å². The van der Waals surface area contributed by atoms with Crippen LogP contribution in [0.4, 0.5) is 0 Å². The van der Waals surface area contributed by atoms with Crippen molar-refractivity contribution in [3.63, 3.8) is 0 Å². The van der Waals surface area contributed by atoms with Crippen LogP contribution in [-0.2, 0) is 18.2 Å². The number of nitrogens with zero attached hydrogens (tertiary/aromatic N) is 2. The SMILES string of the molecule is Cn1ccnc1CCC(C)(O)CC1COCCN1. The molecule has 0 aliphatic carbocycles. The number of rotatable bonds is 5. The highest BCUT2D eigenvalue weighted by Gasteiger charge is 2.26. The molecular weight excluding hydrogens is 230 g/mol. The molecule has 2 N–H and O–H groups in total. The molecule has 1 aromatic heterocycles. The molecule has 2 unspecified atom stereocenters.